The summed E-state index contributed by atoms with van der Waals surface area (Å²) in [5.74, 6) is 0.928. The summed E-state index contributed by atoms with van der Waals surface area (Å²) in [6.07, 6.45) is 6.65. The number of rotatable bonds is 6. The second-order valence-electron chi connectivity index (χ2n) is 7.48. The van der Waals surface area contributed by atoms with E-state index < -0.39 is 0 Å². The summed E-state index contributed by atoms with van der Waals surface area (Å²) in [4.78, 5) is 6.99. The van der Waals surface area contributed by atoms with E-state index in [1.165, 1.54) is 11.1 Å². The summed E-state index contributed by atoms with van der Waals surface area (Å²) in [6.45, 7) is 7.11. The first-order valence-electron chi connectivity index (χ1n) is 10.3. The Labute approximate surface area is 163 Å². The van der Waals surface area contributed by atoms with Crippen molar-refractivity contribution in [2.24, 2.45) is 4.99 Å². The third-order valence-corrected chi connectivity index (χ3v) is 5.72. The molecule has 0 amide bonds. The number of hydrogen-bond donors (Lipinski definition) is 2. The molecule has 1 unspecified atom stereocenters. The zero-order chi connectivity index (χ0) is 18.9. The van der Waals surface area contributed by atoms with Gasteiger partial charge in [-0.25, -0.2) is 0 Å². The Morgan fingerprint density at radius 2 is 2.04 bits per heavy atom. The van der Waals surface area contributed by atoms with Gasteiger partial charge in [0.15, 0.2) is 5.96 Å². The van der Waals surface area contributed by atoms with Crippen molar-refractivity contribution in [1.82, 2.24) is 15.5 Å². The number of benzene rings is 1. The monoisotopic (exact) mass is 370 g/mol. The second kappa shape index (κ2) is 10.5. The van der Waals surface area contributed by atoms with Crippen molar-refractivity contribution in [1.29, 1.82) is 0 Å². The molecule has 2 N–H and O–H groups in total. The van der Waals surface area contributed by atoms with Crippen LogP contribution in [0.1, 0.15) is 44.2 Å². The van der Waals surface area contributed by atoms with Crippen LogP contribution in [-0.2, 0) is 4.74 Å². The zero-order valence-corrected chi connectivity index (χ0v) is 16.8. The standard InChI is InChI=1S/C22H34N4O/c1-18(20-6-4-3-5-7-20)26-14-9-21(10-15-26)25-22(23-2)24-13-8-19-11-16-27-17-12-19/h3-7,11,18,21H,8-10,12-17H2,1-2H3,(H2,23,24,25). The predicted octanol–water partition coefficient (Wildman–Crippen LogP) is 3.11. The van der Waals surface area contributed by atoms with Crippen molar-refractivity contribution in [2.45, 2.75) is 44.7 Å². The highest BCUT2D eigenvalue weighted by Gasteiger charge is 2.23. The van der Waals surface area contributed by atoms with Gasteiger partial charge in [0.25, 0.3) is 0 Å². The third kappa shape index (κ3) is 6.08. The Balaban J connectivity index is 1.39. The van der Waals surface area contributed by atoms with E-state index in [4.69, 9.17) is 4.74 Å². The van der Waals surface area contributed by atoms with E-state index in [0.717, 1.165) is 64.5 Å². The van der Waals surface area contributed by atoms with E-state index >= 15 is 0 Å². The molecule has 0 saturated carbocycles. The normalized spacial score (nSPS) is 20.8. The third-order valence-electron chi connectivity index (χ3n) is 5.72. The fourth-order valence-electron chi connectivity index (χ4n) is 3.90. The van der Waals surface area contributed by atoms with Gasteiger partial charge in [0.05, 0.1) is 13.2 Å². The summed E-state index contributed by atoms with van der Waals surface area (Å²) in [5.41, 5.74) is 2.90. The number of nitrogens with zero attached hydrogens (tertiary/aromatic N) is 2. The lowest BCUT2D eigenvalue weighted by Gasteiger charge is -2.37. The van der Waals surface area contributed by atoms with Crippen molar-refractivity contribution in [3.05, 3.63) is 47.5 Å². The van der Waals surface area contributed by atoms with Gasteiger partial charge < -0.3 is 15.4 Å². The molecule has 1 fully saturated rings. The van der Waals surface area contributed by atoms with Crippen LogP contribution < -0.4 is 10.6 Å². The lowest BCUT2D eigenvalue weighted by Crippen LogP contribution is -2.49. The van der Waals surface area contributed by atoms with Crippen molar-refractivity contribution >= 4 is 5.96 Å². The second-order valence-corrected chi connectivity index (χ2v) is 7.48. The molecule has 2 aliphatic rings. The highest BCUT2D eigenvalue weighted by Crippen LogP contribution is 2.23. The fraction of sp³-hybridized carbons (Fsp3) is 0.591. The van der Waals surface area contributed by atoms with Crippen LogP contribution in [0.5, 0.6) is 0 Å². The van der Waals surface area contributed by atoms with E-state index in [2.05, 4.69) is 63.9 Å². The zero-order valence-electron chi connectivity index (χ0n) is 16.8. The van der Waals surface area contributed by atoms with Gasteiger partial charge in [0.2, 0.25) is 0 Å². The predicted molar refractivity (Wildman–Crippen MR) is 112 cm³/mol. The molecule has 2 heterocycles. The number of likely N-dealkylation sites (tertiary alicyclic amines) is 1. The Bertz CT molecular complexity index is 620. The van der Waals surface area contributed by atoms with Crippen LogP contribution in [0.25, 0.3) is 0 Å². The Kier molecular flexibility index (Phi) is 7.72. The van der Waals surface area contributed by atoms with E-state index in [1.54, 1.807) is 0 Å². The maximum absolute atomic E-state index is 5.37. The summed E-state index contributed by atoms with van der Waals surface area (Å²) in [7, 11) is 1.86. The summed E-state index contributed by atoms with van der Waals surface area (Å²) >= 11 is 0. The summed E-state index contributed by atoms with van der Waals surface area (Å²) in [6, 6.07) is 11.8. The molecule has 1 aromatic rings. The summed E-state index contributed by atoms with van der Waals surface area (Å²) in [5, 5.41) is 7.08. The molecule has 5 heteroatoms. The van der Waals surface area contributed by atoms with Gasteiger partial charge >= 0.3 is 0 Å². The van der Waals surface area contributed by atoms with Crippen molar-refractivity contribution in [2.75, 3.05) is 39.9 Å². The van der Waals surface area contributed by atoms with Gasteiger partial charge in [-0.1, -0.05) is 42.0 Å². The van der Waals surface area contributed by atoms with Crippen molar-refractivity contribution in [3.8, 4) is 0 Å². The van der Waals surface area contributed by atoms with Crippen LogP contribution in [-0.4, -0.2) is 56.8 Å². The average molecular weight is 371 g/mol. The van der Waals surface area contributed by atoms with Crippen LogP contribution in [0.15, 0.2) is 47.0 Å². The quantitative estimate of drug-likeness (QED) is 0.459. The van der Waals surface area contributed by atoms with E-state index in [-0.39, 0.29) is 0 Å². The molecule has 148 valence electrons. The van der Waals surface area contributed by atoms with Crippen molar-refractivity contribution in [3.63, 3.8) is 0 Å². The van der Waals surface area contributed by atoms with Gasteiger partial charge in [-0.05, 0) is 38.2 Å². The van der Waals surface area contributed by atoms with Gasteiger partial charge in [0.1, 0.15) is 0 Å². The molecule has 5 nitrogen and oxygen atoms in total. The van der Waals surface area contributed by atoms with Crippen LogP contribution >= 0.6 is 0 Å². The Morgan fingerprint density at radius 3 is 2.70 bits per heavy atom. The Morgan fingerprint density at radius 1 is 1.26 bits per heavy atom. The summed E-state index contributed by atoms with van der Waals surface area (Å²) < 4.78 is 5.37. The topological polar surface area (TPSA) is 48.9 Å². The first-order chi connectivity index (χ1) is 13.3. The van der Waals surface area contributed by atoms with Gasteiger partial charge in [-0.15, -0.1) is 0 Å². The van der Waals surface area contributed by atoms with Gasteiger partial charge in [-0.3, -0.25) is 9.89 Å². The number of ether oxygens (including phenoxy) is 1. The largest absolute Gasteiger partial charge is 0.377 e. The van der Waals surface area contributed by atoms with Crippen molar-refractivity contribution < 1.29 is 4.74 Å². The molecule has 1 atom stereocenters. The molecule has 0 bridgehead atoms. The maximum atomic E-state index is 5.37. The molecule has 0 spiro atoms. The number of aliphatic imine (C=N–C) groups is 1. The van der Waals surface area contributed by atoms with E-state index in [1.807, 2.05) is 7.05 Å². The first-order valence-corrected chi connectivity index (χ1v) is 10.3. The van der Waals surface area contributed by atoms with Gasteiger partial charge in [0, 0.05) is 38.8 Å². The molecular formula is C22H34N4O. The molecule has 0 radical (unpaired) electrons. The van der Waals surface area contributed by atoms with E-state index in [9.17, 15) is 0 Å². The minimum atomic E-state index is 0.484. The van der Waals surface area contributed by atoms with Crippen LogP contribution in [0.4, 0.5) is 0 Å². The van der Waals surface area contributed by atoms with Gasteiger partial charge in [-0.2, -0.15) is 0 Å². The van der Waals surface area contributed by atoms with E-state index in [0.29, 0.717) is 12.1 Å². The lowest BCUT2D eigenvalue weighted by molar-refractivity contribution is 0.153. The smallest absolute Gasteiger partial charge is 0.191 e. The molecular weight excluding hydrogens is 336 g/mol. The maximum Gasteiger partial charge on any atom is 0.191 e. The van der Waals surface area contributed by atoms with Crippen LogP contribution in [0, 0.1) is 0 Å². The molecule has 2 aliphatic heterocycles. The first kappa shape index (κ1) is 19.9. The van der Waals surface area contributed by atoms with Crippen LogP contribution in [0.2, 0.25) is 0 Å². The van der Waals surface area contributed by atoms with Crippen LogP contribution in [0.3, 0.4) is 0 Å². The Hall–Kier alpha value is -1.85. The number of guanidine groups is 1. The number of nitrogens with one attached hydrogen (secondary N) is 2. The minimum absolute atomic E-state index is 0.484. The molecule has 3 rings (SSSR count). The fourth-order valence-corrected chi connectivity index (χ4v) is 3.90. The molecule has 27 heavy (non-hydrogen) atoms. The molecule has 0 aromatic heterocycles. The molecule has 0 aliphatic carbocycles. The highest BCUT2D eigenvalue weighted by molar-refractivity contribution is 5.79. The molecule has 1 aromatic carbocycles. The number of hydrogen-bond acceptors (Lipinski definition) is 3. The lowest BCUT2D eigenvalue weighted by atomic mass is 10.0. The SMILES string of the molecule is CN=C(NCCC1=CCOCC1)NC1CCN(C(C)c2ccccc2)CC1. The highest BCUT2D eigenvalue weighted by atomic mass is 16.5. The average Bonchev–Trinajstić information content (AvgIpc) is 2.74. The minimum Gasteiger partial charge on any atom is -0.377 e. The molecule has 1 saturated heterocycles. The number of piperidine rings is 1.